The summed E-state index contributed by atoms with van der Waals surface area (Å²) in [5, 5.41) is 0. The van der Waals surface area contributed by atoms with E-state index in [1.54, 1.807) is 13.2 Å². The molecule has 88 valence electrons. The zero-order chi connectivity index (χ0) is 12.3. The molecule has 0 aliphatic carbocycles. The van der Waals surface area contributed by atoms with Crippen LogP contribution in [0.1, 0.15) is 36.7 Å². The van der Waals surface area contributed by atoms with Gasteiger partial charge in [0.25, 0.3) is 0 Å². The highest BCUT2D eigenvalue weighted by Gasteiger charge is 2.23. The quantitative estimate of drug-likeness (QED) is 0.738. The molecular weight excluding hydrogens is 204 g/mol. The summed E-state index contributed by atoms with van der Waals surface area (Å²) in [5.41, 5.74) is 1.48. The lowest BCUT2D eigenvalue weighted by molar-refractivity contribution is 0.112. The van der Waals surface area contributed by atoms with Gasteiger partial charge in [0.05, 0.1) is 19.8 Å². The van der Waals surface area contributed by atoms with Gasteiger partial charge >= 0.3 is 0 Å². The van der Waals surface area contributed by atoms with Crippen LogP contribution in [0.2, 0.25) is 0 Å². The highest BCUT2D eigenvalue weighted by molar-refractivity contribution is 5.82. The third-order valence-corrected chi connectivity index (χ3v) is 2.49. The van der Waals surface area contributed by atoms with Crippen LogP contribution in [-0.4, -0.2) is 20.5 Å². The predicted octanol–water partition coefficient (Wildman–Crippen LogP) is 2.81. The molecule has 1 aromatic rings. The van der Waals surface area contributed by atoms with Crippen LogP contribution in [0, 0.1) is 0 Å². The molecule has 0 aromatic heterocycles. The van der Waals surface area contributed by atoms with Gasteiger partial charge in [0.1, 0.15) is 0 Å². The summed E-state index contributed by atoms with van der Waals surface area (Å²) in [6.45, 7) is 6.26. The van der Waals surface area contributed by atoms with Crippen molar-refractivity contribution in [1.82, 2.24) is 0 Å². The molecule has 0 aliphatic heterocycles. The standard InChI is InChI=1S/C13H18O3/c1-13(2,3)10-7-6-9(8-14)11(15-4)12(10)16-5/h6-8H,1-5H3. The first-order valence-corrected chi connectivity index (χ1v) is 5.16. The first kappa shape index (κ1) is 12.6. The maximum absolute atomic E-state index is 10.9. The number of aldehydes is 1. The maximum atomic E-state index is 10.9. The molecule has 0 bridgehead atoms. The van der Waals surface area contributed by atoms with Gasteiger partial charge in [-0.3, -0.25) is 4.79 Å². The smallest absolute Gasteiger partial charge is 0.171 e. The molecule has 1 aromatic carbocycles. The van der Waals surface area contributed by atoms with Crippen LogP contribution in [0.5, 0.6) is 11.5 Å². The number of carbonyl (C=O) groups is 1. The van der Waals surface area contributed by atoms with Crippen LogP contribution in [0.4, 0.5) is 0 Å². The van der Waals surface area contributed by atoms with E-state index in [-0.39, 0.29) is 5.41 Å². The van der Waals surface area contributed by atoms with Gasteiger partial charge in [-0.25, -0.2) is 0 Å². The molecule has 0 amide bonds. The van der Waals surface area contributed by atoms with Crippen molar-refractivity contribution in [3.05, 3.63) is 23.3 Å². The lowest BCUT2D eigenvalue weighted by Crippen LogP contribution is -2.14. The summed E-state index contributed by atoms with van der Waals surface area (Å²) >= 11 is 0. The molecule has 16 heavy (non-hydrogen) atoms. The molecule has 0 atom stereocenters. The molecule has 0 heterocycles. The Labute approximate surface area is 96.4 Å². The van der Waals surface area contributed by atoms with E-state index in [0.29, 0.717) is 17.1 Å². The topological polar surface area (TPSA) is 35.5 Å². The van der Waals surface area contributed by atoms with E-state index in [0.717, 1.165) is 11.8 Å². The maximum Gasteiger partial charge on any atom is 0.171 e. The van der Waals surface area contributed by atoms with Crippen LogP contribution >= 0.6 is 0 Å². The fraction of sp³-hybridized carbons (Fsp3) is 0.462. The Morgan fingerprint density at radius 2 is 1.62 bits per heavy atom. The van der Waals surface area contributed by atoms with E-state index in [1.807, 2.05) is 6.07 Å². The fourth-order valence-corrected chi connectivity index (χ4v) is 1.67. The van der Waals surface area contributed by atoms with Crippen molar-refractivity contribution >= 4 is 6.29 Å². The molecule has 0 fully saturated rings. The van der Waals surface area contributed by atoms with Gasteiger partial charge in [-0.1, -0.05) is 26.8 Å². The molecule has 0 spiro atoms. The molecule has 0 aliphatic rings. The van der Waals surface area contributed by atoms with Gasteiger partial charge in [0.2, 0.25) is 0 Å². The number of hydrogen-bond acceptors (Lipinski definition) is 3. The van der Waals surface area contributed by atoms with E-state index in [1.165, 1.54) is 7.11 Å². The lowest BCUT2D eigenvalue weighted by Gasteiger charge is -2.24. The average Bonchev–Trinajstić information content (AvgIpc) is 2.25. The van der Waals surface area contributed by atoms with E-state index >= 15 is 0 Å². The Morgan fingerprint density at radius 3 is 2.00 bits per heavy atom. The van der Waals surface area contributed by atoms with Crippen molar-refractivity contribution in [2.75, 3.05) is 14.2 Å². The van der Waals surface area contributed by atoms with Crippen LogP contribution in [0.25, 0.3) is 0 Å². The largest absolute Gasteiger partial charge is 0.493 e. The van der Waals surface area contributed by atoms with Crippen molar-refractivity contribution in [2.24, 2.45) is 0 Å². The van der Waals surface area contributed by atoms with Crippen LogP contribution < -0.4 is 9.47 Å². The Balaban J connectivity index is 3.49. The third kappa shape index (κ3) is 2.18. The zero-order valence-electron chi connectivity index (χ0n) is 10.5. The Kier molecular flexibility index (Phi) is 3.58. The van der Waals surface area contributed by atoms with E-state index in [4.69, 9.17) is 9.47 Å². The van der Waals surface area contributed by atoms with Crippen molar-refractivity contribution in [1.29, 1.82) is 0 Å². The predicted molar refractivity (Wildman–Crippen MR) is 63.6 cm³/mol. The molecule has 3 heteroatoms. The molecule has 0 saturated carbocycles. The minimum Gasteiger partial charge on any atom is -0.493 e. The molecule has 0 saturated heterocycles. The number of benzene rings is 1. The van der Waals surface area contributed by atoms with Gasteiger partial charge < -0.3 is 9.47 Å². The van der Waals surface area contributed by atoms with Crippen molar-refractivity contribution in [2.45, 2.75) is 26.2 Å². The summed E-state index contributed by atoms with van der Waals surface area (Å²) in [5.74, 6) is 1.14. The Hall–Kier alpha value is -1.51. The van der Waals surface area contributed by atoms with E-state index < -0.39 is 0 Å². The highest BCUT2D eigenvalue weighted by atomic mass is 16.5. The number of rotatable bonds is 3. The zero-order valence-corrected chi connectivity index (χ0v) is 10.5. The first-order valence-electron chi connectivity index (χ1n) is 5.16. The summed E-state index contributed by atoms with van der Waals surface area (Å²) in [4.78, 5) is 10.9. The summed E-state index contributed by atoms with van der Waals surface area (Å²) in [6, 6.07) is 3.67. The average molecular weight is 222 g/mol. The summed E-state index contributed by atoms with van der Waals surface area (Å²) in [7, 11) is 3.12. The van der Waals surface area contributed by atoms with E-state index in [9.17, 15) is 4.79 Å². The Morgan fingerprint density at radius 1 is 1.06 bits per heavy atom. The minimum atomic E-state index is -0.0555. The molecule has 0 unspecified atom stereocenters. The fourth-order valence-electron chi connectivity index (χ4n) is 1.67. The second-order valence-electron chi connectivity index (χ2n) is 4.64. The number of carbonyl (C=O) groups excluding carboxylic acids is 1. The van der Waals surface area contributed by atoms with Crippen LogP contribution in [-0.2, 0) is 5.41 Å². The van der Waals surface area contributed by atoms with Crippen molar-refractivity contribution in [3.8, 4) is 11.5 Å². The summed E-state index contributed by atoms with van der Waals surface area (Å²) < 4.78 is 10.6. The lowest BCUT2D eigenvalue weighted by atomic mass is 9.85. The second-order valence-corrected chi connectivity index (χ2v) is 4.64. The van der Waals surface area contributed by atoms with Gasteiger partial charge in [-0.2, -0.15) is 0 Å². The van der Waals surface area contributed by atoms with Gasteiger partial charge in [-0.15, -0.1) is 0 Å². The summed E-state index contributed by atoms with van der Waals surface area (Å²) in [6.07, 6.45) is 0.772. The molecule has 3 nitrogen and oxygen atoms in total. The SMILES string of the molecule is COc1c(C=O)ccc(C(C)(C)C)c1OC. The van der Waals surface area contributed by atoms with Crippen LogP contribution in [0.15, 0.2) is 12.1 Å². The van der Waals surface area contributed by atoms with Gasteiger partial charge in [0, 0.05) is 5.56 Å². The molecule has 1 rings (SSSR count). The molecular formula is C13H18O3. The third-order valence-electron chi connectivity index (χ3n) is 2.49. The van der Waals surface area contributed by atoms with Crippen molar-refractivity contribution in [3.63, 3.8) is 0 Å². The monoisotopic (exact) mass is 222 g/mol. The van der Waals surface area contributed by atoms with Gasteiger partial charge in [-0.05, 0) is 11.5 Å². The van der Waals surface area contributed by atoms with Gasteiger partial charge in [0.15, 0.2) is 17.8 Å². The van der Waals surface area contributed by atoms with E-state index in [2.05, 4.69) is 20.8 Å². The normalized spacial score (nSPS) is 11.1. The Bertz CT molecular complexity index is 389. The first-order chi connectivity index (χ1) is 7.45. The molecule has 0 radical (unpaired) electrons. The number of hydrogen-bond donors (Lipinski definition) is 0. The number of methoxy groups -OCH3 is 2. The van der Waals surface area contributed by atoms with Crippen molar-refractivity contribution < 1.29 is 14.3 Å². The van der Waals surface area contributed by atoms with Crippen LogP contribution in [0.3, 0.4) is 0 Å². The number of ether oxygens (including phenoxy) is 2. The second kappa shape index (κ2) is 4.56. The highest BCUT2D eigenvalue weighted by Crippen LogP contribution is 2.39. The molecule has 0 N–H and O–H groups in total. The minimum absolute atomic E-state index is 0.0555.